The molecule has 1 fully saturated rings. The quantitative estimate of drug-likeness (QED) is 0.900. The first-order valence-corrected chi connectivity index (χ1v) is 7.49. The third-order valence-electron chi connectivity index (χ3n) is 3.71. The molecule has 0 radical (unpaired) electrons. The fourth-order valence-electron chi connectivity index (χ4n) is 2.42. The van der Waals surface area contributed by atoms with E-state index in [4.69, 9.17) is 0 Å². The van der Waals surface area contributed by atoms with Gasteiger partial charge in [-0.05, 0) is 43.5 Å². The SMILES string of the molecule is Cc1cc(C(=O)N[C@H]2CCC(=O)N(C)C2)c(C)cc1Br. The zero-order chi connectivity index (χ0) is 14.9. The van der Waals surface area contributed by atoms with Crippen molar-refractivity contribution in [3.05, 3.63) is 33.3 Å². The summed E-state index contributed by atoms with van der Waals surface area (Å²) in [6, 6.07) is 3.89. The summed E-state index contributed by atoms with van der Waals surface area (Å²) in [6.45, 7) is 4.47. The van der Waals surface area contributed by atoms with E-state index >= 15 is 0 Å². The van der Waals surface area contributed by atoms with Gasteiger partial charge in [0.2, 0.25) is 5.91 Å². The van der Waals surface area contributed by atoms with E-state index < -0.39 is 0 Å². The van der Waals surface area contributed by atoms with E-state index in [1.807, 2.05) is 26.0 Å². The maximum atomic E-state index is 12.4. The lowest BCUT2D eigenvalue weighted by molar-refractivity contribution is -0.132. The molecular formula is C15H19BrN2O2. The third kappa shape index (κ3) is 3.20. The molecule has 2 rings (SSSR count). The highest BCUT2D eigenvalue weighted by molar-refractivity contribution is 9.10. The Hall–Kier alpha value is -1.36. The first kappa shape index (κ1) is 15.0. The predicted molar refractivity (Wildman–Crippen MR) is 81.7 cm³/mol. The summed E-state index contributed by atoms with van der Waals surface area (Å²) in [7, 11) is 1.77. The Morgan fingerprint density at radius 1 is 1.35 bits per heavy atom. The van der Waals surface area contributed by atoms with Crippen molar-refractivity contribution < 1.29 is 9.59 Å². The molecule has 1 atom stereocenters. The number of nitrogens with zero attached hydrogens (tertiary/aromatic N) is 1. The molecule has 0 aliphatic carbocycles. The molecule has 108 valence electrons. The summed E-state index contributed by atoms with van der Waals surface area (Å²) in [5, 5.41) is 3.03. The molecule has 1 aromatic rings. The summed E-state index contributed by atoms with van der Waals surface area (Å²) in [4.78, 5) is 25.5. The second-order valence-corrected chi connectivity index (χ2v) is 6.25. The fraction of sp³-hybridized carbons (Fsp3) is 0.467. The van der Waals surface area contributed by atoms with E-state index in [1.165, 1.54) is 0 Å². The fourth-order valence-corrected chi connectivity index (χ4v) is 2.88. The number of carbonyl (C=O) groups is 2. The zero-order valence-corrected chi connectivity index (χ0v) is 13.6. The summed E-state index contributed by atoms with van der Waals surface area (Å²) >= 11 is 3.47. The van der Waals surface area contributed by atoms with E-state index in [9.17, 15) is 9.59 Å². The minimum Gasteiger partial charge on any atom is -0.348 e. The van der Waals surface area contributed by atoms with Crippen molar-refractivity contribution in [1.82, 2.24) is 10.2 Å². The van der Waals surface area contributed by atoms with Crippen molar-refractivity contribution >= 4 is 27.7 Å². The third-order valence-corrected chi connectivity index (χ3v) is 4.57. The Morgan fingerprint density at radius 2 is 2.05 bits per heavy atom. The van der Waals surface area contributed by atoms with Gasteiger partial charge in [-0.1, -0.05) is 15.9 Å². The van der Waals surface area contributed by atoms with Gasteiger partial charge in [-0.15, -0.1) is 0 Å². The number of aryl methyl sites for hydroxylation is 2. The van der Waals surface area contributed by atoms with Crippen LogP contribution in [-0.2, 0) is 4.79 Å². The summed E-state index contributed by atoms with van der Waals surface area (Å²) in [6.07, 6.45) is 1.21. The molecule has 1 heterocycles. The van der Waals surface area contributed by atoms with Crippen LogP contribution in [0, 0.1) is 13.8 Å². The number of rotatable bonds is 2. The first-order valence-electron chi connectivity index (χ1n) is 6.70. The number of amides is 2. The lowest BCUT2D eigenvalue weighted by Crippen LogP contribution is -2.48. The molecule has 1 aliphatic heterocycles. The molecule has 4 nitrogen and oxygen atoms in total. The van der Waals surface area contributed by atoms with Crippen molar-refractivity contribution in [3.8, 4) is 0 Å². The van der Waals surface area contributed by atoms with Crippen LogP contribution >= 0.6 is 15.9 Å². The van der Waals surface area contributed by atoms with Crippen molar-refractivity contribution in [2.75, 3.05) is 13.6 Å². The van der Waals surface area contributed by atoms with Gasteiger partial charge in [0.25, 0.3) is 5.91 Å². The highest BCUT2D eigenvalue weighted by Crippen LogP contribution is 2.21. The van der Waals surface area contributed by atoms with E-state index in [0.29, 0.717) is 24.9 Å². The van der Waals surface area contributed by atoms with Gasteiger partial charge >= 0.3 is 0 Å². The number of benzene rings is 1. The number of nitrogens with one attached hydrogen (secondary N) is 1. The van der Waals surface area contributed by atoms with Crippen LogP contribution < -0.4 is 5.32 Å². The van der Waals surface area contributed by atoms with Gasteiger partial charge in [-0.3, -0.25) is 9.59 Å². The molecule has 0 aromatic heterocycles. The zero-order valence-electron chi connectivity index (χ0n) is 12.0. The predicted octanol–water partition coefficient (Wildman–Crippen LogP) is 2.42. The maximum absolute atomic E-state index is 12.4. The van der Waals surface area contributed by atoms with Crippen LogP contribution in [0.15, 0.2) is 16.6 Å². The van der Waals surface area contributed by atoms with Crippen molar-refractivity contribution in [3.63, 3.8) is 0 Å². The number of piperidine rings is 1. The highest BCUT2D eigenvalue weighted by atomic mass is 79.9. The van der Waals surface area contributed by atoms with Crippen LogP contribution in [-0.4, -0.2) is 36.3 Å². The lowest BCUT2D eigenvalue weighted by Gasteiger charge is -2.30. The van der Waals surface area contributed by atoms with Crippen LogP contribution in [0.3, 0.4) is 0 Å². The first-order chi connectivity index (χ1) is 9.38. The number of carbonyl (C=O) groups excluding carboxylic acids is 2. The second kappa shape index (κ2) is 5.95. The number of hydrogen-bond donors (Lipinski definition) is 1. The molecule has 0 saturated carbocycles. The second-order valence-electron chi connectivity index (χ2n) is 5.40. The van der Waals surface area contributed by atoms with Gasteiger partial charge < -0.3 is 10.2 Å². The van der Waals surface area contributed by atoms with Gasteiger partial charge in [-0.25, -0.2) is 0 Å². The summed E-state index contributed by atoms with van der Waals surface area (Å²) in [5.74, 6) is 0.0806. The van der Waals surface area contributed by atoms with Gasteiger partial charge in [0.05, 0.1) is 0 Å². The topological polar surface area (TPSA) is 49.4 Å². The van der Waals surface area contributed by atoms with Crippen LogP contribution in [0.5, 0.6) is 0 Å². The monoisotopic (exact) mass is 338 g/mol. The summed E-state index contributed by atoms with van der Waals surface area (Å²) in [5.41, 5.74) is 2.68. The normalized spacial score (nSPS) is 19.1. The van der Waals surface area contributed by atoms with Gasteiger partial charge in [-0.2, -0.15) is 0 Å². The smallest absolute Gasteiger partial charge is 0.251 e. The van der Waals surface area contributed by atoms with Crippen molar-refractivity contribution in [2.45, 2.75) is 32.7 Å². The highest BCUT2D eigenvalue weighted by Gasteiger charge is 2.24. The molecule has 1 saturated heterocycles. The number of hydrogen-bond acceptors (Lipinski definition) is 2. The largest absolute Gasteiger partial charge is 0.348 e. The molecule has 5 heteroatoms. The molecule has 0 unspecified atom stereocenters. The van der Waals surface area contributed by atoms with E-state index in [1.54, 1.807) is 11.9 Å². The van der Waals surface area contributed by atoms with Crippen LogP contribution in [0.2, 0.25) is 0 Å². The van der Waals surface area contributed by atoms with Crippen molar-refractivity contribution in [1.29, 1.82) is 0 Å². The number of likely N-dealkylation sites (tertiary alicyclic amines) is 1. The Morgan fingerprint density at radius 3 is 2.70 bits per heavy atom. The van der Waals surface area contributed by atoms with E-state index in [2.05, 4.69) is 21.2 Å². The Bertz CT molecular complexity index is 557. The Labute approximate surface area is 127 Å². The molecule has 0 spiro atoms. The average molecular weight is 339 g/mol. The van der Waals surface area contributed by atoms with Crippen LogP contribution in [0.4, 0.5) is 0 Å². The van der Waals surface area contributed by atoms with Gasteiger partial charge in [0.15, 0.2) is 0 Å². The van der Waals surface area contributed by atoms with Gasteiger partial charge in [0, 0.05) is 36.1 Å². The molecule has 20 heavy (non-hydrogen) atoms. The molecule has 1 aromatic carbocycles. The van der Waals surface area contributed by atoms with Crippen LogP contribution in [0.25, 0.3) is 0 Å². The Kier molecular flexibility index (Phi) is 4.48. The summed E-state index contributed by atoms with van der Waals surface area (Å²) < 4.78 is 1.01. The lowest BCUT2D eigenvalue weighted by atomic mass is 10.0. The molecule has 2 amide bonds. The minimum atomic E-state index is -0.0640. The Balaban J connectivity index is 2.09. The van der Waals surface area contributed by atoms with E-state index in [-0.39, 0.29) is 17.9 Å². The number of likely N-dealkylation sites (N-methyl/N-ethyl adjacent to an activating group) is 1. The van der Waals surface area contributed by atoms with Crippen LogP contribution in [0.1, 0.15) is 34.3 Å². The number of halogens is 1. The maximum Gasteiger partial charge on any atom is 0.251 e. The molecule has 1 aliphatic rings. The van der Waals surface area contributed by atoms with Crippen molar-refractivity contribution in [2.24, 2.45) is 0 Å². The molecule has 1 N–H and O–H groups in total. The average Bonchev–Trinajstić information content (AvgIpc) is 2.38. The molecular weight excluding hydrogens is 320 g/mol. The standard InChI is InChI=1S/C15H19BrN2O2/c1-9-7-13(16)10(2)6-12(9)15(20)17-11-4-5-14(19)18(3)8-11/h6-7,11H,4-5,8H2,1-3H3,(H,17,20)/t11-/m0/s1. The van der Waals surface area contributed by atoms with Gasteiger partial charge in [0.1, 0.15) is 0 Å². The van der Waals surface area contributed by atoms with E-state index in [0.717, 1.165) is 15.6 Å². The minimum absolute atomic E-state index is 0.0357. The molecule has 0 bridgehead atoms.